The second-order valence-electron chi connectivity index (χ2n) is 16.2. The average molecular weight is 743 g/mol. The van der Waals surface area contributed by atoms with Gasteiger partial charge in [-0.1, -0.05) is 201 Å². The van der Waals surface area contributed by atoms with E-state index in [1.165, 1.54) is 77.5 Å². The van der Waals surface area contributed by atoms with E-state index < -0.39 is 0 Å². The molecule has 58 heavy (non-hydrogen) atoms. The van der Waals surface area contributed by atoms with E-state index in [0.717, 1.165) is 21.9 Å². The molecular weight excluding hydrogens is 701 g/mol. The lowest BCUT2D eigenvalue weighted by atomic mass is 9.74. The zero-order valence-electron chi connectivity index (χ0n) is 32.7. The second kappa shape index (κ2) is 13.6. The highest BCUT2D eigenvalue weighted by molar-refractivity contribution is 6.07. The molecule has 0 amide bonds. The van der Waals surface area contributed by atoms with Gasteiger partial charge in [0, 0.05) is 27.7 Å². The van der Waals surface area contributed by atoms with Crippen LogP contribution in [0.3, 0.4) is 0 Å². The van der Waals surface area contributed by atoms with E-state index in [2.05, 4.69) is 220 Å². The molecule has 1 aliphatic carbocycles. The summed E-state index contributed by atoms with van der Waals surface area (Å²) in [5.41, 5.74) is 16.7. The SMILES string of the molecule is CC(c1ccc(-c2ccccc2)cc1)C(c1ccc(-c2ccc3ccccc3c2)cc1)c1ccc2c(c1)oc1c(C3(C)c4ccccc4-c4ccccc43)cccc12. The standard InChI is InChI=1S/C57H42O/c1-37(38-23-25-41(26-24-38)39-13-4-3-5-14-39)55(43-30-27-42(28-31-43)45-32-29-40-15-6-7-16-44(40)35-45)46-33-34-49-50-19-12-22-53(56(50)58-54(49)36-46)57(2)51-20-10-8-17-47(51)48-18-9-11-21-52(48)57/h3-37,55H,1-2H3. The molecular formula is C57H42O. The molecule has 9 aromatic carbocycles. The van der Waals surface area contributed by atoms with Crippen LogP contribution in [0.25, 0.3) is 66.1 Å². The Kier molecular flexibility index (Phi) is 8.05. The number of hydrogen-bond donors (Lipinski definition) is 0. The van der Waals surface area contributed by atoms with Gasteiger partial charge in [-0.05, 0) is 96.9 Å². The van der Waals surface area contributed by atoms with Crippen molar-refractivity contribution >= 4 is 32.7 Å². The lowest BCUT2D eigenvalue weighted by molar-refractivity contribution is 0.632. The number of furan rings is 1. The Labute approximate surface area is 339 Å². The van der Waals surface area contributed by atoms with Gasteiger partial charge < -0.3 is 4.42 Å². The van der Waals surface area contributed by atoms with Crippen LogP contribution in [0.5, 0.6) is 0 Å². The van der Waals surface area contributed by atoms with Crippen molar-refractivity contribution in [2.75, 3.05) is 0 Å². The van der Waals surface area contributed by atoms with Crippen LogP contribution >= 0.6 is 0 Å². The normalized spacial score (nSPS) is 14.0. The number of hydrogen-bond acceptors (Lipinski definition) is 1. The van der Waals surface area contributed by atoms with Gasteiger partial charge >= 0.3 is 0 Å². The van der Waals surface area contributed by atoms with E-state index >= 15 is 0 Å². The lowest BCUT2D eigenvalue weighted by Crippen LogP contribution is -2.22. The molecule has 276 valence electrons. The van der Waals surface area contributed by atoms with Crippen molar-refractivity contribution in [3.63, 3.8) is 0 Å². The molecule has 1 aliphatic rings. The second-order valence-corrected chi connectivity index (χ2v) is 16.2. The van der Waals surface area contributed by atoms with Crippen molar-refractivity contribution in [2.45, 2.75) is 31.1 Å². The van der Waals surface area contributed by atoms with Crippen LogP contribution in [0.1, 0.15) is 59.1 Å². The molecule has 1 aromatic heterocycles. The molecule has 1 nitrogen and oxygen atoms in total. The van der Waals surface area contributed by atoms with Crippen LogP contribution in [0.2, 0.25) is 0 Å². The van der Waals surface area contributed by atoms with Gasteiger partial charge in [0.2, 0.25) is 0 Å². The Balaban J connectivity index is 1.03. The Hall–Kier alpha value is -6.96. The molecule has 0 aliphatic heterocycles. The predicted molar refractivity (Wildman–Crippen MR) is 243 cm³/mol. The van der Waals surface area contributed by atoms with Crippen LogP contribution < -0.4 is 0 Å². The molecule has 1 heterocycles. The molecule has 0 bridgehead atoms. The van der Waals surface area contributed by atoms with Crippen LogP contribution in [-0.2, 0) is 5.41 Å². The predicted octanol–water partition coefficient (Wildman–Crippen LogP) is 15.3. The van der Waals surface area contributed by atoms with E-state index in [9.17, 15) is 0 Å². The summed E-state index contributed by atoms with van der Waals surface area (Å²) in [6.07, 6.45) is 0. The van der Waals surface area contributed by atoms with Gasteiger partial charge in [-0.3, -0.25) is 0 Å². The largest absolute Gasteiger partial charge is 0.456 e. The van der Waals surface area contributed by atoms with Crippen molar-refractivity contribution in [2.24, 2.45) is 0 Å². The summed E-state index contributed by atoms with van der Waals surface area (Å²) < 4.78 is 7.08. The maximum absolute atomic E-state index is 7.08. The Morgan fingerprint density at radius 3 is 1.67 bits per heavy atom. The number of para-hydroxylation sites is 1. The summed E-state index contributed by atoms with van der Waals surface area (Å²) in [5, 5.41) is 4.82. The van der Waals surface area contributed by atoms with Crippen LogP contribution in [0, 0.1) is 0 Å². The zero-order valence-corrected chi connectivity index (χ0v) is 32.7. The van der Waals surface area contributed by atoms with E-state index in [4.69, 9.17) is 4.42 Å². The summed E-state index contributed by atoms with van der Waals surface area (Å²) in [6.45, 7) is 4.74. The first-order valence-corrected chi connectivity index (χ1v) is 20.4. The Morgan fingerprint density at radius 1 is 0.397 bits per heavy atom. The van der Waals surface area contributed by atoms with Gasteiger partial charge in [0.1, 0.15) is 11.2 Å². The van der Waals surface area contributed by atoms with E-state index in [0.29, 0.717) is 0 Å². The quantitative estimate of drug-likeness (QED) is 0.158. The molecule has 0 saturated carbocycles. The Morgan fingerprint density at radius 2 is 0.948 bits per heavy atom. The molecule has 10 aromatic rings. The zero-order chi connectivity index (χ0) is 38.8. The third kappa shape index (κ3) is 5.45. The molecule has 11 rings (SSSR count). The first-order valence-electron chi connectivity index (χ1n) is 20.4. The number of fused-ring (bicyclic) bond motifs is 7. The smallest absolute Gasteiger partial charge is 0.139 e. The van der Waals surface area contributed by atoms with E-state index in [1.807, 2.05) is 0 Å². The summed E-state index contributed by atoms with van der Waals surface area (Å²) in [5.74, 6) is 0.288. The van der Waals surface area contributed by atoms with E-state index in [-0.39, 0.29) is 17.3 Å². The van der Waals surface area contributed by atoms with Crippen molar-refractivity contribution in [3.8, 4) is 33.4 Å². The first kappa shape index (κ1) is 34.3. The highest BCUT2D eigenvalue weighted by atomic mass is 16.3. The fraction of sp³-hybridized carbons (Fsp3) is 0.0877. The molecule has 0 saturated heterocycles. The summed E-state index contributed by atoms with van der Waals surface area (Å²) in [6, 6.07) is 75.8. The lowest BCUT2D eigenvalue weighted by Gasteiger charge is -2.28. The molecule has 2 unspecified atom stereocenters. The third-order valence-electron chi connectivity index (χ3n) is 13.0. The number of benzene rings is 9. The topological polar surface area (TPSA) is 13.1 Å². The molecule has 0 spiro atoms. The van der Waals surface area contributed by atoms with Crippen molar-refractivity contribution < 1.29 is 4.42 Å². The maximum Gasteiger partial charge on any atom is 0.139 e. The molecule has 0 fully saturated rings. The molecule has 2 atom stereocenters. The minimum absolute atomic E-state index is 0.0939. The average Bonchev–Trinajstić information content (AvgIpc) is 3.79. The van der Waals surface area contributed by atoms with Crippen LogP contribution in [-0.4, -0.2) is 0 Å². The summed E-state index contributed by atoms with van der Waals surface area (Å²) in [4.78, 5) is 0. The van der Waals surface area contributed by atoms with Gasteiger partial charge in [-0.15, -0.1) is 0 Å². The van der Waals surface area contributed by atoms with Crippen molar-refractivity contribution in [1.82, 2.24) is 0 Å². The highest BCUT2D eigenvalue weighted by Gasteiger charge is 2.42. The van der Waals surface area contributed by atoms with Gasteiger partial charge in [-0.2, -0.15) is 0 Å². The highest BCUT2D eigenvalue weighted by Crippen LogP contribution is 2.54. The molecule has 0 radical (unpaired) electrons. The van der Waals surface area contributed by atoms with Gasteiger partial charge in [0.05, 0.1) is 0 Å². The van der Waals surface area contributed by atoms with Gasteiger partial charge in [0.15, 0.2) is 0 Å². The van der Waals surface area contributed by atoms with Gasteiger partial charge in [-0.25, -0.2) is 0 Å². The fourth-order valence-corrected chi connectivity index (χ4v) is 9.97. The molecule has 0 N–H and O–H groups in total. The fourth-order valence-electron chi connectivity index (χ4n) is 9.97. The third-order valence-corrected chi connectivity index (χ3v) is 13.0. The van der Waals surface area contributed by atoms with E-state index in [1.54, 1.807) is 0 Å². The molecule has 1 heteroatoms. The van der Waals surface area contributed by atoms with Crippen LogP contribution in [0.4, 0.5) is 0 Å². The minimum atomic E-state index is -0.348. The monoisotopic (exact) mass is 742 g/mol. The van der Waals surface area contributed by atoms with Crippen molar-refractivity contribution in [3.05, 3.63) is 240 Å². The van der Waals surface area contributed by atoms with Crippen molar-refractivity contribution in [1.29, 1.82) is 0 Å². The minimum Gasteiger partial charge on any atom is -0.456 e. The first-order chi connectivity index (χ1) is 28.5. The number of rotatable bonds is 7. The summed E-state index contributed by atoms with van der Waals surface area (Å²) in [7, 11) is 0. The van der Waals surface area contributed by atoms with Crippen LogP contribution in [0.15, 0.2) is 211 Å². The Bertz CT molecular complexity index is 3080. The van der Waals surface area contributed by atoms with Gasteiger partial charge in [0.25, 0.3) is 0 Å². The maximum atomic E-state index is 7.08. The summed E-state index contributed by atoms with van der Waals surface area (Å²) >= 11 is 0.